The second-order valence-corrected chi connectivity index (χ2v) is 19.4. The van der Waals surface area contributed by atoms with Crippen LogP contribution >= 0.6 is 20.1 Å². The van der Waals surface area contributed by atoms with Gasteiger partial charge in [0, 0.05) is 11.8 Å². The van der Waals surface area contributed by atoms with Gasteiger partial charge in [-0.25, -0.2) is 20.1 Å². The molecule has 160 valence electrons. The molecule has 1 aromatic heterocycles. The van der Waals surface area contributed by atoms with Gasteiger partial charge in [-0.2, -0.15) is 0 Å². The Hall–Kier alpha value is -0.930. The van der Waals surface area contributed by atoms with Gasteiger partial charge in [-0.1, -0.05) is 37.3 Å². The minimum Gasteiger partial charge on any atom is -0.256 e. The Morgan fingerprint density at radius 1 is 0.793 bits per heavy atom. The fourth-order valence-electron chi connectivity index (χ4n) is 4.88. The highest BCUT2D eigenvalue weighted by molar-refractivity contribution is 8.33. The SMILES string of the molecule is CC1(c2ccc(-c3ccc(C4CCS(C)(C)CC4)cn3)cc2)CCS(C)(C)CC1. The molecule has 0 N–H and O–H groups in total. The van der Waals surface area contributed by atoms with Crippen LogP contribution in [0.2, 0.25) is 0 Å². The highest BCUT2D eigenvalue weighted by atomic mass is 32.3. The summed E-state index contributed by atoms with van der Waals surface area (Å²) >= 11 is 0. The van der Waals surface area contributed by atoms with Gasteiger partial charge >= 0.3 is 0 Å². The molecule has 2 aliphatic heterocycles. The van der Waals surface area contributed by atoms with E-state index in [4.69, 9.17) is 4.98 Å². The maximum atomic E-state index is 4.85. The predicted octanol–water partition coefficient (Wildman–Crippen LogP) is 6.81. The Morgan fingerprint density at radius 2 is 1.38 bits per heavy atom. The van der Waals surface area contributed by atoms with Crippen molar-refractivity contribution in [3.63, 3.8) is 0 Å². The molecule has 0 atom stereocenters. The maximum absolute atomic E-state index is 4.85. The molecule has 29 heavy (non-hydrogen) atoms. The standard InChI is InChI=1S/C26H39NS2/c1-26(14-18-29(4,5)19-15-26)24-9-6-22(7-10-24)25-11-8-23(20-27-25)21-12-16-28(2,3)17-13-21/h6-11,20-21H,12-19H2,1-5H3. The van der Waals surface area contributed by atoms with Crippen molar-refractivity contribution in [2.75, 3.05) is 48.0 Å². The number of rotatable bonds is 3. The van der Waals surface area contributed by atoms with E-state index in [-0.39, 0.29) is 20.1 Å². The molecule has 0 aliphatic carbocycles. The van der Waals surface area contributed by atoms with Crippen LogP contribution in [0.3, 0.4) is 0 Å². The molecule has 0 bridgehead atoms. The van der Waals surface area contributed by atoms with E-state index in [0.717, 1.165) is 11.6 Å². The fourth-order valence-corrected chi connectivity index (χ4v) is 9.14. The molecule has 0 amide bonds. The molecule has 2 fully saturated rings. The van der Waals surface area contributed by atoms with Crippen LogP contribution in [0.1, 0.15) is 49.7 Å². The molecule has 0 saturated carbocycles. The first-order chi connectivity index (χ1) is 13.7. The normalized spacial score (nSPS) is 25.8. The van der Waals surface area contributed by atoms with Crippen LogP contribution in [0.4, 0.5) is 0 Å². The molecule has 2 saturated heterocycles. The van der Waals surface area contributed by atoms with Crippen LogP contribution in [0, 0.1) is 0 Å². The monoisotopic (exact) mass is 429 g/mol. The van der Waals surface area contributed by atoms with Gasteiger partial charge in [-0.15, -0.1) is 0 Å². The Labute approximate surface area is 181 Å². The Bertz CT molecular complexity index is 816. The van der Waals surface area contributed by atoms with Crippen LogP contribution < -0.4 is 0 Å². The van der Waals surface area contributed by atoms with E-state index in [2.05, 4.69) is 74.5 Å². The summed E-state index contributed by atoms with van der Waals surface area (Å²) in [5.74, 6) is 6.37. The summed E-state index contributed by atoms with van der Waals surface area (Å²) in [6, 6.07) is 13.9. The van der Waals surface area contributed by atoms with E-state index >= 15 is 0 Å². The molecular formula is C26H39NS2. The summed E-state index contributed by atoms with van der Waals surface area (Å²) in [5, 5.41) is 0. The average Bonchev–Trinajstić information content (AvgIpc) is 2.71. The van der Waals surface area contributed by atoms with Gasteiger partial charge in [0.05, 0.1) is 5.69 Å². The first kappa shape index (κ1) is 21.3. The third-order valence-corrected chi connectivity index (χ3v) is 12.9. The van der Waals surface area contributed by atoms with Gasteiger partial charge in [-0.05, 0) is 102 Å². The molecular weight excluding hydrogens is 390 g/mol. The van der Waals surface area contributed by atoms with Crippen molar-refractivity contribution in [1.29, 1.82) is 0 Å². The molecule has 1 nitrogen and oxygen atoms in total. The third-order valence-electron chi connectivity index (χ3n) is 7.59. The van der Waals surface area contributed by atoms with Crippen LogP contribution in [0.25, 0.3) is 11.3 Å². The second-order valence-electron chi connectivity index (χ2n) is 10.7. The van der Waals surface area contributed by atoms with Crippen molar-refractivity contribution >= 4 is 20.1 Å². The minimum atomic E-state index is -0.342. The molecule has 2 aromatic rings. The van der Waals surface area contributed by atoms with Crippen molar-refractivity contribution in [1.82, 2.24) is 4.98 Å². The Kier molecular flexibility index (Phi) is 5.85. The average molecular weight is 430 g/mol. The number of aromatic nitrogens is 1. The molecule has 1 aromatic carbocycles. The van der Waals surface area contributed by atoms with E-state index in [1.807, 2.05) is 0 Å². The lowest BCUT2D eigenvalue weighted by Gasteiger charge is -2.45. The van der Waals surface area contributed by atoms with Gasteiger partial charge in [0.15, 0.2) is 0 Å². The van der Waals surface area contributed by atoms with Crippen LogP contribution in [-0.4, -0.2) is 53.0 Å². The second kappa shape index (κ2) is 7.96. The zero-order chi connectivity index (χ0) is 20.7. The summed E-state index contributed by atoms with van der Waals surface area (Å²) < 4.78 is 0. The van der Waals surface area contributed by atoms with Crippen molar-refractivity contribution in [3.05, 3.63) is 53.7 Å². The van der Waals surface area contributed by atoms with Crippen molar-refractivity contribution in [2.45, 2.75) is 43.9 Å². The quantitative estimate of drug-likeness (QED) is 0.522. The van der Waals surface area contributed by atoms with Gasteiger partial charge < -0.3 is 0 Å². The molecule has 4 rings (SSSR count). The van der Waals surface area contributed by atoms with E-state index in [1.165, 1.54) is 65.4 Å². The number of hydrogen-bond acceptors (Lipinski definition) is 1. The zero-order valence-corrected chi connectivity index (χ0v) is 20.7. The number of pyridine rings is 1. The maximum Gasteiger partial charge on any atom is 0.0702 e. The highest BCUT2D eigenvalue weighted by Gasteiger charge is 2.33. The number of nitrogens with zero attached hydrogens (tertiary/aromatic N) is 1. The Morgan fingerprint density at radius 3 is 1.93 bits per heavy atom. The van der Waals surface area contributed by atoms with Crippen molar-refractivity contribution in [2.24, 2.45) is 0 Å². The summed E-state index contributed by atoms with van der Waals surface area (Å²) in [4.78, 5) is 4.85. The lowest BCUT2D eigenvalue weighted by Crippen LogP contribution is -2.32. The lowest BCUT2D eigenvalue weighted by molar-refractivity contribution is 0.433. The van der Waals surface area contributed by atoms with Crippen LogP contribution in [0.15, 0.2) is 42.6 Å². The topological polar surface area (TPSA) is 12.9 Å². The van der Waals surface area contributed by atoms with Crippen molar-refractivity contribution in [3.8, 4) is 11.3 Å². The first-order valence-electron chi connectivity index (χ1n) is 11.1. The summed E-state index contributed by atoms with van der Waals surface area (Å²) in [7, 11) is -0.661. The zero-order valence-electron chi connectivity index (χ0n) is 19.0. The van der Waals surface area contributed by atoms with Crippen LogP contribution in [0.5, 0.6) is 0 Å². The molecule has 0 unspecified atom stereocenters. The van der Waals surface area contributed by atoms with Crippen LogP contribution in [-0.2, 0) is 5.41 Å². The minimum absolute atomic E-state index is 0.319. The molecule has 3 heteroatoms. The fraction of sp³-hybridized carbons (Fsp3) is 0.577. The van der Waals surface area contributed by atoms with Gasteiger partial charge in [-0.3, -0.25) is 4.98 Å². The molecule has 3 heterocycles. The number of benzene rings is 1. The third kappa shape index (κ3) is 4.88. The van der Waals surface area contributed by atoms with E-state index in [0.29, 0.717) is 5.41 Å². The highest BCUT2D eigenvalue weighted by Crippen LogP contribution is 2.52. The largest absolute Gasteiger partial charge is 0.256 e. The smallest absolute Gasteiger partial charge is 0.0702 e. The molecule has 0 spiro atoms. The summed E-state index contributed by atoms with van der Waals surface area (Å²) in [6.07, 6.45) is 17.5. The molecule has 2 aliphatic rings. The van der Waals surface area contributed by atoms with Crippen molar-refractivity contribution < 1.29 is 0 Å². The van der Waals surface area contributed by atoms with Gasteiger partial charge in [0.1, 0.15) is 0 Å². The first-order valence-corrected chi connectivity index (χ1v) is 16.7. The van der Waals surface area contributed by atoms with E-state index in [1.54, 1.807) is 0 Å². The predicted molar refractivity (Wildman–Crippen MR) is 137 cm³/mol. The van der Waals surface area contributed by atoms with Gasteiger partial charge in [0.25, 0.3) is 0 Å². The van der Waals surface area contributed by atoms with E-state index in [9.17, 15) is 0 Å². The van der Waals surface area contributed by atoms with Gasteiger partial charge in [0.2, 0.25) is 0 Å². The van der Waals surface area contributed by atoms with E-state index < -0.39 is 0 Å². The summed E-state index contributed by atoms with van der Waals surface area (Å²) in [5.41, 5.74) is 5.68. The number of hydrogen-bond donors (Lipinski definition) is 0. The lowest BCUT2D eigenvalue weighted by atomic mass is 9.77. The Balaban J connectivity index is 1.44. The summed E-state index contributed by atoms with van der Waals surface area (Å²) in [6.45, 7) is 2.47. The molecule has 0 radical (unpaired) electrons.